The molecule has 0 aliphatic carbocycles. The summed E-state index contributed by atoms with van der Waals surface area (Å²) >= 11 is 0. The number of ether oxygens (including phenoxy) is 2. The fourth-order valence-electron chi connectivity index (χ4n) is 5.64. The summed E-state index contributed by atoms with van der Waals surface area (Å²) in [5.74, 6) is -0.833. The van der Waals surface area contributed by atoms with E-state index in [-0.39, 0.29) is 38.6 Å². The minimum Gasteiger partial charge on any atom is -0.462 e. The van der Waals surface area contributed by atoms with E-state index in [1.807, 2.05) is 0 Å². The smallest absolute Gasteiger partial charge is 0.462 e. The Labute approximate surface area is 300 Å². The van der Waals surface area contributed by atoms with Gasteiger partial charge in [-0.1, -0.05) is 161 Å². The largest absolute Gasteiger partial charge is 0.472 e. The molecule has 3 N–H and O–H groups in total. The zero-order valence-corrected chi connectivity index (χ0v) is 32.6. The van der Waals surface area contributed by atoms with Crippen molar-refractivity contribution in [2.24, 2.45) is 5.73 Å². The van der Waals surface area contributed by atoms with Crippen LogP contribution in [0, 0.1) is 0 Å². The number of hydrogen-bond donors (Lipinski definition) is 2. The molecule has 0 aromatic carbocycles. The van der Waals surface area contributed by atoms with Gasteiger partial charge in [0.05, 0.1) is 13.2 Å². The third-order valence-electron chi connectivity index (χ3n) is 8.63. The van der Waals surface area contributed by atoms with Crippen molar-refractivity contribution >= 4 is 19.8 Å². The Morgan fingerprint density at radius 1 is 0.592 bits per heavy atom. The van der Waals surface area contributed by atoms with Crippen LogP contribution in [0.4, 0.5) is 0 Å². The van der Waals surface area contributed by atoms with Gasteiger partial charge in [0.25, 0.3) is 0 Å². The molecular weight excluding hydrogens is 641 g/mol. The first-order valence-corrected chi connectivity index (χ1v) is 21.7. The second kappa shape index (κ2) is 36.5. The number of carbonyl (C=O) groups is 2. The van der Waals surface area contributed by atoms with Gasteiger partial charge in [-0.3, -0.25) is 18.6 Å². The van der Waals surface area contributed by atoms with Crippen molar-refractivity contribution in [2.45, 2.75) is 200 Å². The second-order valence-corrected chi connectivity index (χ2v) is 15.0. The first-order chi connectivity index (χ1) is 23.8. The highest BCUT2D eigenvalue weighted by molar-refractivity contribution is 7.47. The Bertz CT molecular complexity index is 825. The quantitative estimate of drug-likeness (QED) is 0.0277. The minimum atomic E-state index is -4.37. The van der Waals surface area contributed by atoms with Gasteiger partial charge in [-0.2, -0.15) is 0 Å². The number of phosphoric ester groups is 1. The molecule has 0 aromatic rings. The molecule has 2 atom stereocenters. The second-order valence-electron chi connectivity index (χ2n) is 13.5. The maximum Gasteiger partial charge on any atom is 0.472 e. The van der Waals surface area contributed by atoms with E-state index < -0.39 is 26.5 Å². The van der Waals surface area contributed by atoms with E-state index in [0.29, 0.717) is 6.42 Å². The maximum atomic E-state index is 12.5. The van der Waals surface area contributed by atoms with Crippen molar-refractivity contribution < 1.29 is 37.6 Å². The molecule has 0 heterocycles. The third-order valence-corrected chi connectivity index (χ3v) is 9.62. The molecule has 2 unspecified atom stereocenters. The average molecular weight is 718 g/mol. The summed E-state index contributed by atoms with van der Waals surface area (Å²) in [4.78, 5) is 34.7. The molecule has 290 valence electrons. The van der Waals surface area contributed by atoms with Crippen molar-refractivity contribution in [2.75, 3.05) is 26.4 Å². The van der Waals surface area contributed by atoms with Crippen LogP contribution in [-0.2, 0) is 32.7 Å². The molecule has 0 spiro atoms. The molecule has 10 heteroatoms. The number of hydrogen-bond acceptors (Lipinski definition) is 8. The Balaban J connectivity index is 4.09. The first kappa shape index (κ1) is 47.8. The summed E-state index contributed by atoms with van der Waals surface area (Å²) in [5.41, 5.74) is 5.33. The lowest BCUT2D eigenvalue weighted by Gasteiger charge is -2.19. The first-order valence-electron chi connectivity index (χ1n) is 20.2. The molecule has 0 aliphatic heterocycles. The lowest BCUT2D eigenvalue weighted by atomic mass is 10.0. The van der Waals surface area contributed by atoms with Gasteiger partial charge < -0.3 is 20.1 Å². The number of allylic oxidation sites excluding steroid dienone is 2. The molecule has 0 saturated carbocycles. The molecule has 0 radical (unpaired) electrons. The topological polar surface area (TPSA) is 134 Å². The molecule has 0 aliphatic rings. The average Bonchev–Trinajstić information content (AvgIpc) is 3.08. The van der Waals surface area contributed by atoms with E-state index in [4.69, 9.17) is 24.3 Å². The summed E-state index contributed by atoms with van der Waals surface area (Å²) in [6, 6.07) is 0. The van der Waals surface area contributed by atoms with E-state index in [9.17, 15) is 19.0 Å². The maximum absolute atomic E-state index is 12.5. The van der Waals surface area contributed by atoms with Gasteiger partial charge in [0.2, 0.25) is 0 Å². The number of nitrogens with two attached hydrogens (primary N) is 1. The van der Waals surface area contributed by atoms with Gasteiger partial charge in [-0.15, -0.1) is 0 Å². The zero-order chi connectivity index (χ0) is 36.1. The molecule has 0 fully saturated rings. The number of esters is 2. The van der Waals surface area contributed by atoms with Gasteiger partial charge in [-0.05, 0) is 32.1 Å². The Hall–Kier alpha value is -1.25. The van der Waals surface area contributed by atoms with Crippen molar-refractivity contribution in [3.8, 4) is 0 Å². The highest BCUT2D eigenvalue weighted by Gasteiger charge is 2.26. The Morgan fingerprint density at radius 2 is 1.04 bits per heavy atom. The molecule has 9 nitrogen and oxygen atoms in total. The number of rotatable bonds is 38. The summed E-state index contributed by atoms with van der Waals surface area (Å²) in [6.07, 6.45) is 35.4. The lowest BCUT2D eigenvalue weighted by molar-refractivity contribution is -0.161. The van der Waals surface area contributed by atoms with Gasteiger partial charge in [0, 0.05) is 19.4 Å². The van der Waals surface area contributed by atoms with Crippen LogP contribution in [0.3, 0.4) is 0 Å². The molecule has 0 rings (SSSR count). The van der Waals surface area contributed by atoms with E-state index in [1.54, 1.807) is 0 Å². The van der Waals surface area contributed by atoms with Crippen LogP contribution in [0.15, 0.2) is 12.2 Å². The molecule has 0 amide bonds. The van der Waals surface area contributed by atoms with Crippen LogP contribution in [0.5, 0.6) is 0 Å². The van der Waals surface area contributed by atoms with Crippen molar-refractivity contribution in [1.82, 2.24) is 0 Å². The van der Waals surface area contributed by atoms with E-state index in [0.717, 1.165) is 57.8 Å². The fourth-order valence-corrected chi connectivity index (χ4v) is 6.40. The Kier molecular flexibility index (Phi) is 35.6. The van der Waals surface area contributed by atoms with Gasteiger partial charge in [0.15, 0.2) is 6.10 Å². The number of carbonyl (C=O) groups excluding carboxylic acids is 2. The highest BCUT2D eigenvalue weighted by Crippen LogP contribution is 2.43. The molecule has 0 bridgehead atoms. The monoisotopic (exact) mass is 718 g/mol. The van der Waals surface area contributed by atoms with Gasteiger partial charge in [-0.25, -0.2) is 4.57 Å². The Morgan fingerprint density at radius 3 is 1.53 bits per heavy atom. The van der Waals surface area contributed by atoms with Crippen molar-refractivity contribution in [1.29, 1.82) is 0 Å². The summed E-state index contributed by atoms with van der Waals surface area (Å²) < 4.78 is 32.6. The predicted molar refractivity (Wildman–Crippen MR) is 201 cm³/mol. The highest BCUT2D eigenvalue weighted by atomic mass is 31.2. The third kappa shape index (κ3) is 36.3. The lowest BCUT2D eigenvalue weighted by Crippen LogP contribution is -2.29. The van der Waals surface area contributed by atoms with E-state index >= 15 is 0 Å². The summed E-state index contributed by atoms with van der Waals surface area (Å²) in [6.45, 7) is 3.67. The molecule has 49 heavy (non-hydrogen) atoms. The summed E-state index contributed by atoms with van der Waals surface area (Å²) in [7, 11) is -4.37. The standard InChI is InChI=1S/C39H76NO8P/c1-3-5-7-9-11-13-15-16-17-18-19-20-21-22-24-25-27-29-31-38(41)45-35-37(36-47-49(43,44)46-34-33-40)48-39(42)32-30-28-26-23-14-12-10-8-6-4-2/h8,10,37H,3-7,9,11-36,40H2,1-2H3,(H,43,44)/b10-8-. The van der Waals surface area contributed by atoms with Gasteiger partial charge >= 0.3 is 19.8 Å². The van der Waals surface area contributed by atoms with Crippen molar-refractivity contribution in [3.63, 3.8) is 0 Å². The van der Waals surface area contributed by atoms with Crippen LogP contribution < -0.4 is 5.73 Å². The van der Waals surface area contributed by atoms with E-state index in [2.05, 4.69) is 26.0 Å². The SMILES string of the molecule is CCC/C=C\CCCCCCCC(=O)OC(COC(=O)CCCCCCCCCCCCCCCCCCCC)COP(=O)(O)OCCN. The number of phosphoric acid groups is 1. The van der Waals surface area contributed by atoms with Crippen LogP contribution >= 0.6 is 7.82 Å². The van der Waals surface area contributed by atoms with Crippen LogP contribution in [0.2, 0.25) is 0 Å². The molecule has 0 aromatic heterocycles. The minimum absolute atomic E-state index is 0.0545. The van der Waals surface area contributed by atoms with Gasteiger partial charge in [0.1, 0.15) is 6.61 Å². The number of unbranched alkanes of at least 4 members (excludes halogenated alkanes) is 23. The van der Waals surface area contributed by atoms with Crippen LogP contribution in [0.1, 0.15) is 194 Å². The fraction of sp³-hybridized carbons (Fsp3) is 0.897. The summed E-state index contributed by atoms with van der Waals surface area (Å²) in [5, 5.41) is 0. The van der Waals surface area contributed by atoms with E-state index in [1.165, 1.54) is 103 Å². The van der Waals surface area contributed by atoms with Crippen LogP contribution in [-0.4, -0.2) is 49.3 Å². The molecular formula is C39H76NO8P. The molecule has 0 saturated heterocycles. The van der Waals surface area contributed by atoms with Crippen molar-refractivity contribution in [3.05, 3.63) is 12.2 Å². The van der Waals surface area contributed by atoms with Crippen LogP contribution in [0.25, 0.3) is 0 Å². The zero-order valence-electron chi connectivity index (χ0n) is 31.7. The normalized spacial score (nSPS) is 13.5. The predicted octanol–water partition coefficient (Wildman–Crippen LogP) is 11.1.